The van der Waals surface area contributed by atoms with E-state index in [1.807, 2.05) is 54.3 Å². The van der Waals surface area contributed by atoms with Gasteiger partial charge in [0.2, 0.25) is 0 Å². The minimum absolute atomic E-state index is 0.0982. The van der Waals surface area contributed by atoms with Gasteiger partial charge in [-0.25, -0.2) is 4.57 Å². The zero-order chi connectivity index (χ0) is 13.0. The van der Waals surface area contributed by atoms with E-state index < -0.39 is 0 Å². The summed E-state index contributed by atoms with van der Waals surface area (Å²) in [5, 5.41) is 0. The molecule has 0 radical (unpaired) electrons. The molecule has 0 saturated heterocycles. The van der Waals surface area contributed by atoms with E-state index in [4.69, 9.17) is 0 Å². The molecule has 2 rings (SSSR count). The first-order valence-electron chi connectivity index (χ1n) is 5.89. The standard InChI is InChI=1S/C16H16NO/c1-13(18)16-7-5-14(6-8-16)3-4-15-9-11-17(2)12-10-15/h3-12H,1-2H3/q+1. The van der Waals surface area contributed by atoms with Crippen molar-refractivity contribution in [3.8, 4) is 0 Å². The molecule has 0 amide bonds. The van der Waals surface area contributed by atoms with Crippen LogP contribution in [-0.4, -0.2) is 5.78 Å². The minimum Gasteiger partial charge on any atom is -0.295 e. The molecule has 0 unspecified atom stereocenters. The highest BCUT2D eigenvalue weighted by molar-refractivity contribution is 5.94. The van der Waals surface area contributed by atoms with Gasteiger partial charge in [-0.1, -0.05) is 36.4 Å². The molecule has 18 heavy (non-hydrogen) atoms. The number of carbonyl (C=O) groups is 1. The SMILES string of the molecule is CC(=O)c1ccc(C=Cc2cc[n+](C)cc2)cc1. The monoisotopic (exact) mass is 238 g/mol. The lowest BCUT2D eigenvalue weighted by atomic mass is 10.1. The van der Waals surface area contributed by atoms with Crippen LogP contribution in [0.5, 0.6) is 0 Å². The normalized spacial score (nSPS) is 10.8. The summed E-state index contributed by atoms with van der Waals surface area (Å²) in [6, 6.07) is 11.7. The number of rotatable bonds is 3. The molecule has 2 nitrogen and oxygen atoms in total. The fourth-order valence-electron chi connectivity index (χ4n) is 1.65. The number of hydrogen-bond donors (Lipinski definition) is 0. The van der Waals surface area contributed by atoms with Crippen molar-refractivity contribution in [2.75, 3.05) is 0 Å². The number of hydrogen-bond acceptors (Lipinski definition) is 1. The molecule has 0 bridgehead atoms. The number of aryl methyl sites for hydroxylation is 1. The lowest BCUT2D eigenvalue weighted by molar-refractivity contribution is -0.671. The van der Waals surface area contributed by atoms with Gasteiger partial charge in [-0.15, -0.1) is 0 Å². The van der Waals surface area contributed by atoms with E-state index >= 15 is 0 Å². The van der Waals surface area contributed by atoms with E-state index in [0.29, 0.717) is 0 Å². The van der Waals surface area contributed by atoms with Crippen LogP contribution >= 0.6 is 0 Å². The molecule has 0 aliphatic rings. The molecular formula is C16H16NO+. The van der Waals surface area contributed by atoms with Crippen molar-refractivity contribution in [2.24, 2.45) is 7.05 Å². The van der Waals surface area contributed by atoms with Gasteiger partial charge in [0.05, 0.1) is 0 Å². The van der Waals surface area contributed by atoms with E-state index in [1.54, 1.807) is 6.92 Å². The highest BCUT2D eigenvalue weighted by atomic mass is 16.1. The van der Waals surface area contributed by atoms with Crippen LogP contribution in [0.4, 0.5) is 0 Å². The Balaban J connectivity index is 2.13. The maximum Gasteiger partial charge on any atom is 0.169 e. The van der Waals surface area contributed by atoms with Crippen LogP contribution in [0.2, 0.25) is 0 Å². The van der Waals surface area contributed by atoms with Gasteiger partial charge in [-0.05, 0) is 18.1 Å². The van der Waals surface area contributed by atoms with Crippen LogP contribution in [0.3, 0.4) is 0 Å². The van der Waals surface area contributed by atoms with Crippen LogP contribution in [0, 0.1) is 0 Å². The van der Waals surface area contributed by atoms with Crippen molar-refractivity contribution >= 4 is 17.9 Å². The predicted molar refractivity (Wildman–Crippen MR) is 73.0 cm³/mol. The van der Waals surface area contributed by atoms with E-state index in [2.05, 4.69) is 18.2 Å². The zero-order valence-corrected chi connectivity index (χ0v) is 10.6. The third-order valence-electron chi connectivity index (χ3n) is 2.79. The van der Waals surface area contributed by atoms with Crippen LogP contribution in [0.15, 0.2) is 48.8 Å². The highest BCUT2D eigenvalue weighted by Gasteiger charge is 1.97. The summed E-state index contributed by atoms with van der Waals surface area (Å²) < 4.78 is 2.00. The van der Waals surface area contributed by atoms with E-state index in [-0.39, 0.29) is 5.78 Å². The average molecular weight is 238 g/mol. The van der Waals surface area contributed by atoms with Crippen molar-refractivity contribution < 1.29 is 9.36 Å². The molecule has 2 heteroatoms. The minimum atomic E-state index is 0.0982. The fraction of sp³-hybridized carbons (Fsp3) is 0.125. The predicted octanol–water partition coefficient (Wildman–Crippen LogP) is 2.88. The molecular weight excluding hydrogens is 222 g/mol. The Kier molecular flexibility index (Phi) is 3.68. The number of benzene rings is 1. The smallest absolute Gasteiger partial charge is 0.169 e. The van der Waals surface area contributed by atoms with Gasteiger partial charge in [0.15, 0.2) is 18.2 Å². The summed E-state index contributed by atoms with van der Waals surface area (Å²) in [6.45, 7) is 1.58. The molecule has 0 aliphatic heterocycles. The molecule has 0 spiro atoms. The summed E-state index contributed by atoms with van der Waals surface area (Å²) in [5.41, 5.74) is 3.00. The Morgan fingerprint density at radius 3 is 1.94 bits per heavy atom. The van der Waals surface area contributed by atoms with Gasteiger partial charge in [-0.3, -0.25) is 4.79 Å². The first-order valence-corrected chi connectivity index (χ1v) is 5.89. The second-order valence-corrected chi connectivity index (χ2v) is 4.31. The maximum absolute atomic E-state index is 11.1. The lowest BCUT2D eigenvalue weighted by Crippen LogP contribution is -2.25. The molecule has 0 saturated carbocycles. The van der Waals surface area contributed by atoms with E-state index in [9.17, 15) is 4.79 Å². The van der Waals surface area contributed by atoms with Crippen molar-refractivity contribution in [3.63, 3.8) is 0 Å². The van der Waals surface area contributed by atoms with E-state index in [1.165, 1.54) is 0 Å². The topological polar surface area (TPSA) is 20.9 Å². The van der Waals surface area contributed by atoms with Crippen molar-refractivity contribution in [2.45, 2.75) is 6.92 Å². The first kappa shape index (κ1) is 12.2. The maximum atomic E-state index is 11.1. The number of Topliss-reactive ketones (excluding diaryl/α,β-unsaturated/α-hetero) is 1. The Morgan fingerprint density at radius 1 is 0.944 bits per heavy atom. The average Bonchev–Trinajstić information content (AvgIpc) is 2.38. The Hall–Kier alpha value is -2.22. The van der Waals surface area contributed by atoms with Gasteiger partial charge >= 0.3 is 0 Å². The molecule has 0 N–H and O–H groups in total. The molecule has 90 valence electrons. The third-order valence-corrected chi connectivity index (χ3v) is 2.79. The van der Waals surface area contributed by atoms with Gasteiger partial charge in [0.1, 0.15) is 7.05 Å². The quantitative estimate of drug-likeness (QED) is 0.595. The summed E-state index contributed by atoms with van der Waals surface area (Å²) in [7, 11) is 1.99. The number of ketones is 1. The first-order chi connectivity index (χ1) is 8.65. The summed E-state index contributed by atoms with van der Waals surface area (Å²) >= 11 is 0. The van der Waals surface area contributed by atoms with Gasteiger partial charge in [-0.2, -0.15) is 0 Å². The van der Waals surface area contributed by atoms with Crippen molar-refractivity contribution in [1.29, 1.82) is 0 Å². The van der Waals surface area contributed by atoms with Crippen molar-refractivity contribution in [1.82, 2.24) is 0 Å². The van der Waals surface area contributed by atoms with Crippen molar-refractivity contribution in [3.05, 3.63) is 65.5 Å². The summed E-state index contributed by atoms with van der Waals surface area (Å²) in [6.07, 6.45) is 8.12. The second-order valence-electron chi connectivity index (χ2n) is 4.31. The Bertz CT molecular complexity index is 565. The summed E-state index contributed by atoms with van der Waals surface area (Å²) in [5.74, 6) is 0.0982. The van der Waals surface area contributed by atoms with Gasteiger partial charge < -0.3 is 0 Å². The second kappa shape index (κ2) is 5.41. The molecule has 0 aliphatic carbocycles. The largest absolute Gasteiger partial charge is 0.295 e. The van der Waals surface area contributed by atoms with Crippen LogP contribution in [-0.2, 0) is 7.05 Å². The van der Waals surface area contributed by atoms with Gasteiger partial charge in [0, 0.05) is 17.7 Å². The van der Waals surface area contributed by atoms with Gasteiger partial charge in [0.25, 0.3) is 0 Å². The highest BCUT2D eigenvalue weighted by Crippen LogP contribution is 2.09. The van der Waals surface area contributed by atoms with Crippen LogP contribution in [0.25, 0.3) is 12.2 Å². The fourth-order valence-corrected chi connectivity index (χ4v) is 1.65. The Morgan fingerprint density at radius 2 is 1.44 bits per heavy atom. The lowest BCUT2D eigenvalue weighted by Gasteiger charge is -1.97. The van der Waals surface area contributed by atoms with Crippen LogP contribution in [0.1, 0.15) is 28.4 Å². The molecule has 1 aromatic heterocycles. The number of nitrogens with zero attached hydrogens (tertiary/aromatic N) is 1. The van der Waals surface area contributed by atoms with E-state index in [0.717, 1.165) is 16.7 Å². The molecule has 0 fully saturated rings. The number of pyridine rings is 1. The molecule has 2 aromatic rings. The molecule has 1 heterocycles. The zero-order valence-electron chi connectivity index (χ0n) is 10.6. The molecule has 0 atom stereocenters. The van der Waals surface area contributed by atoms with Crippen LogP contribution < -0.4 is 4.57 Å². The third kappa shape index (κ3) is 3.14. The Labute approximate surface area is 107 Å². The molecule has 1 aromatic carbocycles. The number of aromatic nitrogens is 1. The number of carbonyl (C=O) groups excluding carboxylic acids is 1. The summed E-state index contributed by atoms with van der Waals surface area (Å²) in [4.78, 5) is 11.1.